The van der Waals surface area contributed by atoms with Crippen molar-refractivity contribution < 1.29 is 19.1 Å². The van der Waals surface area contributed by atoms with Gasteiger partial charge in [0.25, 0.3) is 5.91 Å². The number of amides is 1. The average Bonchev–Trinajstić information content (AvgIpc) is 2.98. The number of methoxy groups -OCH3 is 1. The molecule has 0 radical (unpaired) electrons. The number of nitrogens with one attached hydrogen (secondary N) is 1. The largest absolute Gasteiger partial charge is 0.494 e. The summed E-state index contributed by atoms with van der Waals surface area (Å²) in [5.41, 5.74) is 0.874. The topological polar surface area (TPSA) is 77.5 Å². The molecule has 9 heteroatoms. The Bertz CT molecular complexity index is 1020. The number of rotatable bonds is 4. The van der Waals surface area contributed by atoms with Crippen molar-refractivity contribution in [1.29, 1.82) is 0 Å². The monoisotopic (exact) mass is 498 g/mol. The summed E-state index contributed by atoms with van der Waals surface area (Å²) in [4.78, 5) is 28.5. The lowest BCUT2D eigenvalue weighted by molar-refractivity contribution is -0.131. The number of hydrogen-bond acceptors (Lipinski definition) is 6. The second-order valence-electron chi connectivity index (χ2n) is 5.14. The predicted molar refractivity (Wildman–Crippen MR) is 107 cm³/mol. The molecule has 0 aliphatic carbocycles. The van der Waals surface area contributed by atoms with E-state index in [1.54, 1.807) is 25.3 Å². The van der Waals surface area contributed by atoms with Crippen LogP contribution in [0.4, 0.5) is 5.13 Å². The van der Waals surface area contributed by atoms with E-state index in [1.165, 1.54) is 18.3 Å². The summed E-state index contributed by atoms with van der Waals surface area (Å²) in [6, 6.07) is 8.82. The third kappa shape index (κ3) is 3.89. The van der Waals surface area contributed by atoms with Crippen LogP contribution in [0.5, 0.6) is 11.5 Å². The van der Waals surface area contributed by atoms with Gasteiger partial charge in [0.05, 0.1) is 21.8 Å². The summed E-state index contributed by atoms with van der Waals surface area (Å²) in [6.45, 7) is 1.27. The summed E-state index contributed by atoms with van der Waals surface area (Å²) in [5.74, 6) is -0.185. The molecule has 1 aromatic heterocycles. The zero-order valence-electron chi connectivity index (χ0n) is 13.6. The smallest absolute Gasteiger partial charge is 0.308 e. The molecule has 0 saturated carbocycles. The highest BCUT2D eigenvalue weighted by molar-refractivity contribution is 9.11. The maximum atomic E-state index is 12.7. The number of esters is 1. The van der Waals surface area contributed by atoms with Crippen molar-refractivity contribution in [2.24, 2.45) is 0 Å². The van der Waals surface area contributed by atoms with Crippen LogP contribution < -0.4 is 14.8 Å². The van der Waals surface area contributed by atoms with Gasteiger partial charge in [-0.05, 0) is 40.2 Å². The van der Waals surface area contributed by atoms with Gasteiger partial charge < -0.3 is 9.47 Å². The van der Waals surface area contributed by atoms with E-state index in [-0.39, 0.29) is 11.3 Å². The second kappa shape index (κ2) is 7.73. The Kier molecular flexibility index (Phi) is 5.59. The Morgan fingerprint density at radius 2 is 2.00 bits per heavy atom. The van der Waals surface area contributed by atoms with Crippen LogP contribution in [-0.2, 0) is 4.79 Å². The van der Waals surface area contributed by atoms with Crippen molar-refractivity contribution >= 4 is 70.4 Å². The van der Waals surface area contributed by atoms with Gasteiger partial charge in [-0.2, -0.15) is 0 Å². The number of carbonyl (C=O) groups is 2. The van der Waals surface area contributed by atoms with Crippen LogP contribution >= 0.6 is 43.2 Å². The van der Waals surface area contributed by atoms with Crippen molar-refractivity contribution in [3.8, 4) is 11.5 Å². The first kappa shape index (κ1) is 18.8. The van der Waals surface area contributed by atoms with Crippen LogP contribution in [0.15, 0.2) is 39.3 Å². The molecule has 1 heterocycles. The molecule has 0 unspecified atom stereocenters. The average molecular weight is 500 g/mol. The molecule has 0 aliphatic rings. The van der Waals surface area contributed by atoms with Gasteiger partial charge in [-0.1, -0.05) is 33.3 Å². The summed E-state index contributed by atoms with van der Waals surface area (Å²) in [7, 11) is 1.57. The number of anilines is 1. The number of fused-ring (bicyclic) bond motifs is 1. The first-order chi connectivity index (χ1) is 12.4. The number of aromatic nitrogens is 1. The van der Waals surface area contributed by atoms with Gasteiger partial charge in [-0.15, -0.1) is 0 Å². The van der Waals surface area contributed by atoms with Crippen molar-refractivity contribution in [1.82, 2.24) is 4.98 Å². The molecule has 3 rings (SSSR count). The zero-order chi connectivity index (χ0) is 18.8. The van der Waals surface area contributed by atoms with Gasteiger partial charge in [0, 0.05) is 11.4 Å². The molecule has 0 fully saturated rings. The molecular formula is C17H12Br2N2O4S. The van der Waals surface area contributed by atoms with Crippen LogP contribution in [0.1, 0.15) is 17.3 Å². The zero-order valence-corrected chi connectivity index (χ0v) is 17.6. The van der Waals surface area contributed by atoms with E-state index in [2.05, 4.69) is 42.2 Å². The molecule has 1 N–H and O–H groups in total. The fourth-order valence-electron chi connectivity index (χ4n) is 2.28. The normalized spacial score (nSPS) is 10.6. The molecule has 0 saturated heterocycles. The number of para-hydroxylation sites is 1. The standard InChI is InChI=1S/C17H12Br2N2O4S/c1-8(22)25-15-10(6-9(18)7-11(15)19)16(23)21-17-20-14-12(24-2)4-3-5-13(14)26-17/h3-7H,1-2H3,(H,20,21,23). The van der Waals surface area contributed by atoms with Gasteiger partial charge in [-0.3, -0.25) is 14.9 Å². The molecular weight excluding hydrogens is 488 g/mol. The minimum absolute atomic E-state index is 0.150. The van der Waals surface area contributed by atoms with Crippen molar-refractivity contribution in [3.63, 3.8) is 0 Å². The molecule has 0 atom stereocenters. The maximum Gasteiger partial charge on any atom is 0.308 e. The van der Waals surface area contributed by atoms with Crippen molar-refractivity contribution in [2.45, 2.75) is 6.92 Å². The lowest BCUT2D eigenvalue weighted by Crippen LogP contribution is -2.15. The summed E-state index contributed by atoms with van der Waals surface area (Å²) < 4.78 is 12.5. The highest BCUT2D eigenvalue weighted by Gasteiger charge is 2.20. The van der Waals surface area contributed by atoms with E-state index in [4.69, 9.17) is 9.47 Å². The number of carbonyl (C=O) groups excluding carboxylic acids is 2. The Morgan fingerprint density at radius 1 is 1.23 bits per heavy atom. The fraction of sp³-hybridized carbons (Fsp3) is 0.118. The van der Waals surface area contributed by atoms with Crippen molar-refractivity contribution in [2.75, 3.05) is 12.4 Å². The molecule has 26 heavy (non-hydrogen) atoms. The third-order valence-corrected chi connectivity index (χ3v) is 5.30. The van der Waals surface area contributed by atoms with Crippen LogP contribution in [0.25, 0.3) is 10.2 Å². The van der Waals surface area contributed by atoms with Gasteiger partial charge in [0.2, 0.25) is 0 Å². The summed E-state index contributed by atoms with van der Waals surface area (Å²) in [5, 5.41) is 3.16. The van der Waals surface area contributed by atoms with Gasteiger partial charge >= 0.3 is 5.97 Å². The molecule has 0 bridgehead atoms. The lowest BCUT2D eigenvalue weighted by atomic mass is 10.2. The first-order valence-corrected chi connectivity index (χ1v) is 9.71. The Balaban J connectivity index is 1.97. The number of halogens is 2. The number of hydrogen-bond donors (Lipinski definition) is 1. The first-order valence-electron chi connectivity index (χ1n) is 7.31. The van der Waals surface area contributed by atoms with Crippen LogP contribution in [-0.4, -0.2) is 24.0 Å². The third-order valence-electron chi connectivity index (χ3n) is 3.32. The minimum Gasteiger partial charge on any atom is -0.494 e. The van der Waals surface area contributed by atoms with Crippen LogP contribution in [0.2, 0.25) is 0 Å². The van der Waals surface area contributed by atoms with E-state index in [0.717, 1.165) is 4.70 Å². The van der Waals surface area contributed by atoms with Gasteiger partial charge in [0.1, 0.15) is 11.3 Å². The fourth-order valence-corrected chi connectivity index (χ4v) is 4.47. The van der Waals surface area contributed by atoms with E-state index in [0.29, 0.717) is 25.3 Å². The summed E-state index contributed by atoms with van der Waals surface area (Å²) >= 11 is 7.97. The lowest BCUT2D eigenvalue weighted by Gasteiger charge is -2.11. The molecule has 6 nitrogen and oxygen atoms in total. The molecule has 134 valence electrons. The number of nitrogens with zero attached hydrogens (tertiary/aromatic N) is 1. The van der Waals surface area contributed by atoms with Gasteiger partial charge in [0.15, 0.2) is 10.9 Å². The number of ether oxygens (including phenoxy) is 2. The predicted octanol–water partition coefficient (Wildman–Crippen LogP) is 5.01. The van der Waals surface area contributed by atoms with E-state index in [9.17, 15) is 9.59 Å². The van der Waals surface area contributed by atoms with Crippen molar-refractivity contribution in [3.05, 3.63) is 44.8 Å². The second-order valence-corrected chi connectivity index (χ2v) is 7.94. The van der Waals surface area contributed by atoms with Crippen LogP contribution in [0.3, 0.4) is 0 Å². The molecule has 0 spiro atoms. The Hall–Kier alpha value is -1.97. The maximum absolute atomic E-state index is 12.7. The number of benzene rings is 2. The molecule has 1 amide bonds. The van der Waals surface area contributed by atoms with Gasteiger partial charge in [-0.25, -0.2) is 4.98 Å². The highest BCUT2D eigenvalue weighted by atomic mass is 79.9. The Morgan fingerprint density at radius 3 is 2.69 bits per heavy atom. The van der Waals surface area contributed by atoms with E-state index < -0.39 is 11.9 Å². The van der Waals surface area contributed by atoms with Crippen LogP contribution in [0, 0.1) is 0 Å². The SMILES string of the molecule is COc1cccc2sc(NC(=O)c3cc(Br)cc(Br)c3OC(C)=O)nc12. The molecule has 0 aliphatic heterocycles. The van der Waals surface area contributed by atoms with E-state index >= 15 is 0 Å². The quantitative estimate of drug-likeness (QED) is 0.403. The molecule has 2 aromatic carbocycles. The molecule has 3 aromatic rings. The Labute approximate surface area is 169 Å². The van der Waals surface area contributed by atoms with E-state index in [1.807, 2.05) is 12.1 Å². The highest BCUT2D eigenvalue weighted by Crippen LogP contribution is 2.35. The minimum atomic E-state index is -0.521. The number of thiazole rings is 1. The summed E-state index contributed by atoms with van der Waals surface area (Å²) in [6.07, 6.45) is 0.